The Kier molecular flexibility index (Phi) is 5.60. The van der Waals surface area contributed by atoms with Crippen LogP contribution >= 0.6 is 15.9 Å². The maximum Gasteiger partial charge on any atom is 0.247 e. The van der Waals surface area contributed by atoms with Crippen LogP contribution in [0.25, 0.3) is 6.08 Å². The Labute approximate surface area is 118 Å². The molecule has 3 heteroatoms. The quantitative estimate of drug-likeness (QED) is 0.767. The molecule has 0 N–H and O–H groups in total. The predicted octanol–water partition coefficient (Wildman–Crippen LogP) is 4.11. The Balaban J connectivity index is 2.84. The molecule has 0 fully saturated rings. The van der Waals surface area contributed by atoms with Crippen LogP contribution in [-0.2, 0) is 4.79 Å². The van der Waals surface area contributed by atoms with Crippen LogP contribution in [0.1, 0.15) is 33.3 Å². The average molecular weight is 310 g/mol. The molecule has 0 aliphatic rings. The molecule has 0 spiro atoms. The standard InChI is InChI=1S/C15H20BrNO/c1-11(2)17(12(3)4)15(18)10-9-13-7-5-6-8-14(13)16/h5-12H,1-4H3/b10-9+. The van der Waals surface area contributed by atoms with Gasteiger partial charge in [0.1, 0.15) is 0 Å². The van der Waals surface area contributed by atoms with Crippen molar-refractivity contribution in [2.45, 2.75) is 39.8 Å². The molecule has 0 saturated carbocycles. The fourth-order valence-corrected chi connectivity index (χ4v) is 2.38. The molecule has 2 nitrogen and oxygen atoms in total. The number of carbonyl (C=O) groups excluding carboxylic acids is 1. The fourth-order valence-electron chi connectivity index (χ4n) is 1.96. The molecule has 0 aliphatic heterocycles. The lowest BCUT2D eigenvalue weighted by molar-refractivity contribution is -0.129. The summed E-state index contributed by atoms with van der Waals surface area (Å²) < 4.78 is 0.995. The number of hydrogen-bond donors (Lipinski definition) is 0. The summed E-state index contributed by atoms with van der Waals surface area (Å²) >= 11 is 3.47. The van der Waals surface area contributed by atoms with E-state index in [0.717, 1.165) is 10.0 Å². The summed E-state index contributed by atoms with van der Waals surface area (Å²) in [6, 6.07) is 8.27. The van der Waals surface area contributed by atoms with E-state index in [-0.39, 0.29) is 18.0 Å². The first-order valence-corrected chi connectivity index (χ1v) is 6.97. The Morgan fingerprint density at radius 1 is 1.17 bits per heavy atom. The number of amides is 1. The van der Waals surface area contributed by atoms with Gasteiger partial charge < -0.3 is 4.90 Å². The largest absolute Gasteiger partial charge is 0.334 e. The van der Waals surface area contributed by atoms with Crippen LogP contribution in [0.4, 0.5) is 0 Å². The van der Waals surface area contributed by atoms with Crippen LogP contribution < -0.4 is 0 Å². The minimum Gasteiger partial charge on any atom is -0.334 e. The SMILES string of the molecule is CC(C)N(C(=O)/C=C/c1ccccc1Br)C(C)C. The highest BCUT2D eigenvalue weighted by Gasteiger charge is 2.17. The summed E-state index contributed by atoms with van der Waals surface area (Å²) in [6.07, 6.45) is 3.49. The van der Waals surface area contributed by atoms with Gasteiger partial charge in [0.15, 0.2) is 0 Å². The number of nitrogens with zero attached hydrogens (tertiary/aromatic N) is 1. The third-order valence-electron chi connectivity index (χ3n) is 2.68. The van der Waals surface area contributed by atoms with Crippen molar-refractivity contribution in [2.75, 3.05) is 0 Å². The maximum absolute atomic E-state index is 12.1. The predicted molar refractivity (Wildman–Crippen MR) is 80.3 cm³/mol. The van der Waals surface area contributed by atoms with E-state index >= 15 is 0 Å². The van der Waals surface area contributed by atoms with Crippen molar-refractivity contribution < 1.29 is 4.79 Å². The highest BCUT2D eigenvalue weighted by Crippen LogP contribution is 2.17. The van der Waals surface area contributed by atoms with Gasteiger partial charge in [-0.05, 0) is 45.4 Å². The van der Waals surface area contributed by atoms with Gasteiger partial charge in [-0.3, -0.25) is 4.79 Å². The van der Waals surface area contributed by atoms with E-state index in [1.807, 2.05) is 62.9 Å². The van der Waals surface area contributed by atoms with Gasteiger partial charge in [-0.1, -0.05) is 34.1 Å². The van der Waals surface area contributed by atoms with E-state index in [9.17, 15) is 4.79 Å². The van der Waals surface area contributed by atoms with E-state index < -0.39 is 0 Å². The van der Waals surface area contributed by atoms with Crippen molar-refractivity contribution in [1.29, 1.82) is 0 Å². The smallest absolute Gasteiger partial charge is 0.247 e. The first-order chi connectivity index (χ1) is 8.43. The molecule has 18 heavy (non-hydrogen) atoms. The fraction of sp³-hybridized carbons (Fsp3) is 0.400. The van der Waals surface area contributed by atoms with Gasteiger partial charge in [0, 0.05) is 22.6 Å². The number of halogens is 1. The van der Waals surface area contributed by atoms with Gasteiger partial charge in [0.2, 0.25) is 5.91 Å². The van der Waals surface area contributed by atoms with Crippen molar-refractivity contribution in [3.8, 4) is 0 Å². The summed E-state index contributed by atoms with van der Waals surface area (Å²) in [7, 11) is 0. The van der Waals surface area contributed by atoms with E-state index in [2.05, 4.69) is 15.9 Å². The lowest BCUT2D eigenvalue weighted by Crippen LogP contribution is -2.41. The Hall–Kier alpha value is -1.09. The summed E-state index contributed by atoms with van der Waals surface area (Å²) in [5, 5.41) is 0. The van der Waals surface area contributed by atoms with Gasteiger partial charge in [-0.15, -0.1) is 0 Å². The van der Waals surface area contributed by atoms with Crippen LogP contribution in [0.2, 0.25) is 0 Å². The van der Waals surface area contributed by atoms with Crippen molar-refractivity contribution in [1.82, 2.24) is 4.90 Å². The van der Waals surface area contributed by atoms with Gasteiger partial charge in [-0.2, -0.15) is 0 Å². The summed E-state index contributed by atoms with van der Waals surface area (Å²) in [5.74, 6) is 0.0516. The van der Waals surface area contributed by atoms with Gasteiger partial charge in [0.05, 0.1) is 0 Å². The molecule has 1 aromatic carbocycles. The zero-order chi connectivity index (χ0) is 13.7. The maximum atomic E-state index is 12.1. The Bertz CT molecular complexity index is 430. The highest BCUT2D eigenvalue weighted by atomic mass is 79.9. The van der Waals surface area contributed by atoms with E-state index in [0.29, 0.717) is 0 Å². The second-order valence-corrected chi connectivity index (χ2v) is 5.64. The summed E-state index contributed by atoms with van der Waals surface area (Å²) in [4.78, 5) is 14.0. The molecular weight excluding hydrogens is 290 g/mol. The van der Waals surface area contributed by atoms with Crippen molar-refractivity contribution in [3.05, 3.63) is 40.4 Å². The third-order valence-corrected chi connectivity index (χ3v) is 3.40. The van der Waals surface area contributed by atoms with Crippen LogP contribution in [0, 0.1) is 0 Å². The summed E-state index contributed by atoms with van der Waals surface area (Å²) in [5.41, 5.74) is 1.01. The first kappa shape index (κ1) is 15.0. The molecule has 0 atom stereocenters. The van der Waals surface area contributed by atoms with E-state index in [1.165, 1.54) is 0 Å². The van der Waals surface area contributed by atoms with Crippen molar-refractivity contribution in [2.24, 2.45) is 0 Å². The minimum absolute atomic E-state index is 0.0516. The number of rotatable bonds is 4. The van der Waals surface area contributed by atoms with E-state index in [4.69, 9.17) is 0 Å². The molecule has 0 aromatic heterocycles. The molecule has 0 heterocycles. The topological polar surface area (TPSA) is 20.3 Å². The number of benzene rings is 1. The average Bonchev–Trinajstić information content (AvgIpc) is 2.27. The second kappa shape index (κ2) is 6.74. The number of hydrogen-bond acceptors (Lipinski definition) is 1. The molecule has 0 saturated heterocycles. The molecule has 0 unspecified atom stereocenters. The molecule has 0 radical (unpaired) electrons. The molecule has 1 aromatic rings. The van der Waals surface area contributed by atoms with Crippen molar-refractivity contribution in [3.63, 3.8) is 0 Å². The molecule has 98 valence electrons. The van der Waals surface area contributed by atoms with E-state index in [1.54, 1.807) is 6.08 Å². The molecule has 0 bridgehead atoms. The van der Waals surface area contributed by atoms with Crippen LogP contribution in [-0.4, -0.2) is 22.9 Å². The third kappa shape index (κ3) is 3.98. The molecular formula is C15H20BrNO. The normalized spacial score (nSPS) is 11.5. The lowest BCUT2D eigenvalue weighted by Gasteiger charge is -2.29. The lowest BCUT2D eigenvalue weighted by atomic mass is 10.2. The Morgan fingerprint density at radius 3 is 2.22 bits per heavy atom. The van der Waals surface area contributed by atoms with Crippen LogP contribution in [0.5, 0.6) is 0 Å². The van der Waals surface area contributed by atoms with Crippen LogP contribution in [0.3, 0.4) is 0 Å². The second-order valence-electron chi connectivity index (χ2n) is 4.79. The molecule has 1 amide bonds. The highest BCUT2D eigenvalue weighted by molar-refractivity contribution is 9.10. The molecule has 0 aliphatic carbocycles. The first-order valence-electron chi connectivity index (χ1n) is 6.18. The van der Waals surface area contributed by atoms with Crippen LogP contribution in [0.15, 0.2) is 34.8 Å². The Morgan fingerprint density at radius 2 is 1.72 bits per heavy atom. The monoisotopic (exact) mass is 309 g/mol. The zero-order valence-corrected chi connectivity index (χ0v) is 12.9. The van der Waals surface area contributed by atoms with Crippen molar-refractivity contribution >= 4 is 27.9 Å². The van der Waals surface area contributed by atoms with Gasteiger partial charge >= 0.3 is 0 Å². The van der Waals surface area contributed by atoms with Gasteiger partial charge in [0.25, 0.3) is 0 Å². The molecule has 1 rings (SSSR count). The van der Waals surface area contributed by atoms with Gasteiger partial charge in [-0.25, -0.2) is 0 Å². The zero-order valence-electron chi connectivity index (χ0n) is 11.4. The summed E-state index contributed by atoms with van der Waals surface area (Å²) in [6.45, 7) is 8.13. The number of carbonyl (C=O) groups is 1. The minimum atomic E-state index is 0.0516.